The van der Waals surface area contributed by atoms with Gasteiger partial charge >= 0.3 is 5.97 Å². The van der Waals surface area contributed by atoms with Crippen molar-refractivity contribution in [2.75, 3.05) is 7.11 Å². The van der Waals surface area contributed by atoms with E-state index in [1.165, 1.54) is 7.11 Å². The molecule has 4 unspecified atom stereocenters. The molecule has 5 heteroatoms. The summed E-state index contributed by atoms with van der Waals surface area (Å²) < 4.78 is 4.58. The van der Waals surface area contributed by atoms with Crippen LogP contribution in [0.5, 0.6) is 0 Å². The van der Waals surface area contributed by atoms with Crippen LogP contribution in [0.2, 0.25) is 0 Å². The van der Waals surface area contributed by atoms with Gasteiger partial charge in [-0.2, -0.15) is 0 Å². The number of esters is 1. The highest BCUT2D eigenvalue weighted by atomic mass is 16.5. The number of aliphatic hydroxyl groups is 1. The molecule has 0 aliphatic heterocycles. The first kappa shape index (κ1) is 15.1. The fourth-order valence-electron chi connectivity index (χ4n) is 2.59. The number of ether oxygens (including phenoxy) is 1. The van der Waals surface area contributed by atoms with Gasteiger partial charge in [0, 0.05) is 6.42 Å². The van der Waals surface area contributed by atoms with Crippen LogP contribution in [0.3, 0.4) is 0 Å². The number of ketones is 1. The maximum Gasteiger partial charge on any atom is 0.338 e. The van der Waals surface area contributed by atoms with Gasteiger partial charge < -0.3 is 15.6 Å². The van der Waals surface area contributed by atoms with E-state index in [0.717, 1.165) is 0 Å². The normalized spacial score (nSPS) is 34.5. The summed E-state index contributed by atoms with van der Waals surface area (Å²) in [6.45, 7) is 6.06. The molecule has 18 heavy (non-hydrogen) atoms. The van der Waals surface area contributed by atoms with Gasteiger partial charge in [0.2, 0.25) is 0 Å². The van der Waals surface area contributed by atoms with Crippen LogP contribution in [0.4, 0.5) is 0 Å². The van der Waals surface area contributed by atoms with Crippen LogP contribution in [0.1, 0.15) is 33.6 Å². The number of nitrogens with two attached hydrogens (primary N) is 1. The van der Waals surface area contributed by atoms with Crippen LogP contribution in [-0.4, -0.2) is 35.6 Å². The molecule has 1 rings (SSSR count). The van der Waals surface area contributed by atoms with Gasteiger partial charge in [-0.3, -0.25) is 4.79 Å². The molecular weight excluding hydrogens is 234 g/mol. The summed E-state index contributed by atoms with van der Waals surface area (Å²) in [6.07, 6.45) is -0.0614. The molecular formula is C13H23NO4. The molecule has 104 valence electrons. The van der Waals surface area contributed by atoms with Crippen LogP contribution in [-0.2, 0) is 14.3 Å². The smallest absolute Gasteiger partial charge is 0.338 e. The minimum atomic E-state index is -1.71. The Kier molecular flexibility index (Phi) is 4.50. The molecule has 1 fully saturated rings. The molecule has 0 saturated heterocycles. The molecule has 1 aliphatic rings. The first-order chi connectivity index (χ1) is 8.23. The Labute approximate surface area is 108 Å². The van der Waals surface area contributed by atoms with Crippen molar-refractivity contribution in [3.8, 4) is 0 Å². The third-order valence-electron chi connectivity index (χ3n) is 4.17. The Morgan fingerprint density at radius 1 is 1.50 bits per heavy atom. The molecule has 0 aromatic rings. The average Bonchev–Trinajstić information content (AvgIpc) is 2.31. The number of carbonyl (C=O) groups is 2. The largest absolute Gasteiger partial charge is 0.467 e. The van der Waals surface area contributed by atoms with Gasteiger partial charge in [-0.05, 0) is 24.2 Å². The molecule has 1 saturated carbocycles. The van der Waals surface area contributed by atoms with E-state index in [0.29, 0.717) is 5.92 Å². The fraction of sp³-hybridized carbons (Fsp3) is 0.846. The van der Waals surface area contributed by atoms with Crippen LogP contribution in [0.25, 0.3) is 0 Å². The predicted molar refractivity (Wildman–Crippen MR) is 66.7 cm³/mol. The van der Waals surface area contributed by atoms with E-state index in [4.69, 9.17) is 5.73 Å². The summed E-state index contributed by atoms with van der Waals surface area (Å²) in [5.74, 6) is -0.736. The molecule has 0 radical (unpaired) electrons. The zero-order chi connectivity index (χ0) is 14.1. The number of hydrogen-bond acceptors (Lipinski definition) is 5. The third-order valence-corrected chi connectivity index (χ3v) is 4.17. The Morgan fingerprint density at radius 2 is 2.06 bits per heavy atom. The van der Waals surface area contributed by atoms with Crippen molar-refractivity contribution in [2.24, 2.45) is 23.5 Å². The van der Waals surface area contributed by atoms with Crippen molar-refractivity contribution in [1.29, 1.82) is 0 Å². The number of rotatable bonds is 3. The summed E-state index contributed by atoms with van der Waals surface area (Å²) in [7, 11) is 1.21. The van der Waals surface area contributed by atoms with E-state index in [1.54, 1.807) is 0 Å². The van der Waals surface area contributed by atoms with Crippen molar-refractivity contribution in [3.63, 3.8) is 0 Å². The van der Waals surface area contributed by atoms with Crippen molar-refractivity contribution in [2.45, 2.75) is 45.3 Å². The van der Waals surface area contributed by atoms with E-state index in [9.17, 15) is 14.7 Å². The van der Waals surface area contributed by atoms with Crippen molar-refractivity contribution in [3.05, 3.63) is 0 Å². The Hall–Kier alpha value is -0.940. The van der Waals surface area contributed by atoms with Crippen molar-refractivity contribution in [1.82, 2.24) is 0 Å². The second-order valence-corrected chi connectivity index (χ2v) is 5.66. The van der Waals surface area contributed by atoms with E-state index >= 15 is 0 Å². The van der Waals surface area contributed by atoms with E-state index in [1.807, 2.05) is 20.8 Å². The minimum Gasteiger partial charge on any atom is -0.467 e. The number of methoxy groups -OCH3 is 1. The Morgan fingerprint density at radius 3 is 2.50 bits per heavy atom. The molecule has 3 N–H and O–H groups in total. The zero-order valence-corrected chi connectivity index (χ0v) is 11.5. The molecule has 0 aromatic heterocycles. The standard InChI is InChI=1S/C13H23NO4/c1-7(2)8(3)9-5-13(17,12(16)18-4)6-10(15)11(9)14/h7-9,11,17H,5-6,14H2,1-4H3. The van der Waals surface area contributed by atoms with Gasteiger partial charge in [-0.25, -0.2) is 4.79 Å². The number of Topliss-reactive ketones (excluding diaryl/α,β-unsaturated/α-hetero) is 1. The second kappa shape index (κ2) is 5.36. The average molecular weight is 257 g/mol. The molecule has 1 aliphatic carbocycles. The lowest BCUT2D eigenvalue weighted by Gasteiger charge is -2.41. The van der Waals surface area contributed by atoms with E-state index in [-0.39, 0.29) is 30.5 Å². The SMILES string of the molecule is COC(=O)C1(O)CC(=O)C(N)C(C(C)C(C)C)C1. The third kappa shape index (κ3) is 2.72. The molecule has 0 heterocycles. The highest BCUT2D eigenvalue weighted by molar-refractivity contribution is 5.93. The maximum atomic E-state index is 11.9. The first-order valence-electron chi connectivity index (χ1n) is 6.32. The predicted octanol–water partition coefficient (Wildman–Crippen LogP) is 0.489. The van der Waals surface area contributed by atoms with Crippen LogP contribution in [0.15, 0.2) is 0 Å². The second-order valence-electron chi connectivity index (χ2n) is 5.66. The van der Waals surface area contributed by atoms with Crippen LogP contribution in [0, 0.1) is 17.8 Å². The minimum absolute atomic E-state index is 0.153. The lowest BCUT2D eigenvalue weighted by Crippen LogP contribution is -2.57. The van der Waals surface area contributed by atoms with E-state index < -0.39 is 17.6 Å². The quantitative estimate of drug-likeness (QED) is 0.718. The van der Waals surface area contributed by atoms with Crippen molar-refractivity contribution >= 4 is 11.8 Å². The highest BCUT2D eigenvalue weighted by Crippen LogP contribution is 2.37. The van der Waals surface area contributed by atoms with Crippen LogP contribution < -0.4 is 5.73 Å². The molecule has 0 spiro atoms. The summed E-state index contributed by atoms with van der Waals surface area (Å²) in [6, 6.07) is -0.604. The summed E-state index contributed by atoms with van der Waals surface area (Å²) >= 11 is 0. The van der Waals surface area contributed by atoms with Gasteiger partial charge in [0.05, 0.1) is 13.2 Å². The highest BCUT2D eigenvalue weighted by Gasteiger charge is 2.50. The molecule has 0 aromatic carbocycles. The topological polar surface area (TPSA) is 89.6 Å². The molecule has 5 nitrogen and oxygen atoms in total. The maximum absolute atomic E-state index is 11.9. The zero-order valence-electron chi connectivity index (χ0n) is 11.5. The Bertz CT molecular complexity index is 342. The van der Waals surface area contributed by atoms with Gasteiger partial charge in [0.1, 0.15) is 0 Å². The van der Waals surface area contributed by atoms with Gasteiger partial charge in [-0.15, -0.1) is 0 Å². The summed E-state index contributed by atoms with van der Waals surface area (Å²) in [4.78, 5) is 23.5. The summed E-state index contributed by atoms with van der Waals surface area (Å²) in [5, 5.41) is 10.3. The lowest BCUT2D eigenvalue weighted by molar-refractivity contribution is -0.171. The number of hydrogen-bond donors (Lipinski definition) is 2. The van der Waals surface area contributed by atoms with E-state index in [2.05, 4.69) is 4.74 Å². The van der Waals surface area contributed by atoms with Crippen LogP contribution >= 0.6 is 0 Å². The first-order valence-corrected chi connectivity index (χ1v) is 6.32. The fourth-order valence-corrected chi connectivity index (χ4v) is 2.59. The van der Waals surface area contributed by atoms with Crippen molar-refractivity contribution < 1.29 is 19.4 Å². The van der Waals surface area contributed by atoms with Gasteiger partial charge in [0.15, 0.2) is 11.4 Å². The Balaban J connectivity index is 2.98. The lowest BCUT2D eigenvalue weighted by atomic mass is 9.67. The molecule has 0 amide bonds. The van der Waals surface area contributed by atoms with Gasteiger partial charge in [-0.1, -0.05) is 20.8 Å². The van der Waals surface area contributed by atoms with Gasteiger partial charge in [0.25, 0.3) is 0 Å². The monoisotopic (exact) mass is 257 g/mol. The molecule has 4 atom stereocenters. The number of carbonyl (C=O) groups excluding carboxylic acids is 2. The molecule has 0 bridgehead atoms. The summed E-state index contributed by atoms with van der Waals surface area (Å²) in [5.41, 5.74) is 4.20.